The van der Waals surface area contributed by atoms with Crippen LogP contribution in [-0.4, -0.2) is 43.0 Å². The van der Waals surface area contributed by atoms with E-state index in [1.807, 2.05) is 18.2 Å². The molecule has 1 heterocycles. The number of carbonyl (C=O) groups is 2. The third kappa shape index (κ3) is 4.47. The lowest BCUT2D eigenvalue weighted by Gasteiger charge is -2.25. The molecular formula is C27H23Cl2NO6. The van der Waals surface area contributed by atoms with Gasteiger partial charge in [0.05, 0.1) is 43.5 Å². The summed E-state index contributed by atoms with van der Waals surface area (Å²) < 4.78 is 15.8. The maximum Gasteiger partial charge on any atom is 0.295 e. The van der Waals surface area contributed by atoms with Crippen LogP contribution in [0.25, 0.3) is 5.76 Å². The van der Waals surface area contributed by atoms with E-state index in [0.717, 1.165) is 5.56 Å². The van der Waals surface area contributed by atoms with Crippen LogP contribution in [0.1, 0.15) is 22.7 Å². The normalized spacial score (nSPS) is 16.8. The van der Waals surface area contributed by atoms with E-state index in [-0.39, 0.29) is 39.2 Å². The van der Waals surface area contributed by atoms with E-state index in [9.17, 15) is 14.7 Å². The number of hydrogen-bond donors (Lipinski definition) is 1. The molecule has 1 amide bonds. The topological polar surface area (TPSA) is 85.3 Å². The molecular weight excluding hydrogens is 505 g/mol. The summed E-state index contributed by atoms with van der Waals surface area (Å²) in [5.41, 5.74) is 1.40. The van der Waals surface area contributed by atoms with Crippen molar-refractivity contribution in [1.29, 1.82) is 0 Å². The Hall–Kier alpha value is -3.68. The van der Waals surface area contributed by atoms with E-state index in [1.54, 1.807) is 43.5 Å². The van der Waals surface area contributed by atoms with Gasteiger partial charge in [0, 0.05) is 6.54 Å². The number of nitrogens with zero attached hydrogens (tertiary/aromatic N) is 1. The van der Waals surface area contributed by atoms with Crippen LogP contribution in [0.15, 0.2) is 66.2 Å². The second kappa shape index (κ2) is 10.5. The Balaban J connectivity index is 1.90. The number of amides is 1. The highest BCUT2D eigenvalue weighted by atomic mass is 35.5. The van der Waals surface area contributed by atoms with Gasteiger partial charge >= 0.3 is 0 Å². The molecule has 1 fully saturated rings. The number of halogens is 2. The molecule has 3 aromatic carbocycles. The zero-order valence-electron chi connectivity index (χ0n) is 19.7. The van der Waals surface area contributed by atoms with Crippen molar-refractivity contribution in [3.63, 3.8) is 0 Å². The molecule has 0 bridgehead atoms. The van der Waals surface area contributed by atoms with Crippen LogP contribution in [0, 0.1) is 0 Å². The molecule has 1 aliphatic rings. The van der Waals surface area contributed by atoms with Crippen LogP contribution < -0.4 is 14.2 Å². The second-order valence-electron chi connectivity index (χ2n) is 7.97. The fourth-order valence-electron chi connectivity index (χ4n) is 4.24. The maximum atomic E-state index is 13.3. The van der Waals surface area contributed by atoms with Crippen LogP contribution in [0.3, 0.4) is 0 Å². The maximum absolute atomic E-state index is 13.3. The highest BCUT2D eigenvalue weighted by molar-refractivity contribution is 6.47. The molecule has 0 saturated carbocycles. The highest BCUT2D eigenvalue weighted by Crippen LogP contribution is 2.47. The number of Topliss-reactive ketones (excluding diaryl/α,β-unsaturated/α-hetero) is 1. The predicted molar refractivity (Wildman–Crippen MR) is 137 cm³/mol. The predicted octanol–water partition coefficient (Wildman–Crippen LogP) is 5.64. The minimum atomic E-state index is -0.863. The number of aliphatic hydroxyl groups is 1. The average molecular weight is 528 g/mol. The first-order valence-corrected chi connectivity index (χ1v) is 11.6. The van der Waals surface area contributed by atoms with Gasteiger partial charge in [-0.3, -0.25) is 9.59 Å². The van der Waals surface area contributed by atoms with Crippen molar-refractivity contribution in [2.75, 3.05) is 21.3 Å². The average Bonchev–Trinajstić information content (AvgIpc) is 3.14. The Morgan fingerprint density at radius 3 is 2.14 bits per heavy atom. The summed E-state index contributed by atoms with van der Waals surface area (Å²) in [7, 11) is 4.32. The number of ketones is 1. The number of aliphatic hydroxyl groups excluding tert-OH is 1. The number of likely N-dealkylation sites (tertiary alicyclic amines) is 1. The quantitative estimate of drug-likeness (QED) is 0.243. The highest BCUT2D eigenvalue weighted by Gasteiger charge is 2.46. The van der Waals surface area contributed by atoms with Crippen molar-refractivity contribution in [2.24, 2.45) is 0 Å². The van der Waals surface area contributed by atoms with Crippen LogP contribution in [-0.2, 0) is 16.1 Å². The summed E-state index contributed by atoms with van der Waals surface area (Å²) in [5.74, 6) is -1.15. The molecule has 9 heteroatoms. The minimum absolute atomic E-state index is 0.0257. The van der Waals surface area contributed by atoms with Gasteiger partial charge in [0.15, 0.2) is 11.5 Å². The molecule has 1 N–H and O–H groups in total. The zero-order valence-corrected chi connectivity index (χ0v) is 21.3. The number of methoxy groups -OCH3 is 3. The van der Waals surface area contributed by atoms with Crippen molar-refractivity contribution in [3.8, 4) is 17.2 Å². The summed E-state index contributed by atoms with van der Waals surface area (Å²) in [4.78, 5) is 28.0. The molecule has 0 radical (unpaired) electrons. The summed E-state index contributed by atoms with van der Waals surface area (Å²) in [6, 6.07) is 16.7. The number of benzene rings is 3. The van der Waals surface area contributed by atoms with Gasteiger partial charge in [-0.05, 0) is 29.3 Å². The molecule has 3 aromatic rings. The molecule has 36 heavy (non-hydrogen) atoms. The summed E-state index contributed by atoms with van der Waals surface area (Å²) in [6.45, 7) is 0.131. The van der Waals surface area contributed by atoms with Gasteiger partial charge in [0.2, 0.25) is 0 Å². The molecule has 7 nitrogen and oxygen atoms in total. The van der Waals surface area contributed by atoms with Crippen LogP contribution in [0.5, 0.6) is 17.2 Å². The first kappa shape index (κ1) is 25.4. The van der Waals surface area contributed by atoms with E-state index in [1.165, 1.54) is 25.2 Å². The SMILES string of the molecule is COc1ccc(CN2C(=O)C(=O)/C(=C(/O)c3cc(Cl)c(OC)c(Cl)c3OC)C2c2ccccc2)cc1. The molecule has 1 unspecified atom stereocenters. The molecule has 0 aromatic heterocycles. The van der Waals surface area contributed by atoms with E-state index >= 15 is 0 Å². The lowest BCUT2D eigenvalue weighted by molar-refractivity contribution is -0.140. The van der Waals surface area contributed by atoms with E-state index < -0.39 is 23.5 Å². The second-order valence-corrected chi connectivity index (χ2v) is 8.76. The van der Waals surface area contributed by atoms with E-state index in [0.29, 0.717) is 11.3 Å². The molecule has 186 valence electrons. The Bertz CT molecular complexity index is 1340. The van der Waals surface area contributed by atoms with E-state index in [4.69, 9.17) is 37.4 Å². The van der Waals surface area contributed by atoms with E-state index in [2.05, 4.69) is 0 Å². The van der Waals surface area contributed by atoms with Crippen LogP contribution in [0.2, 0.25) is 10.0 Å². The molecule has 0 aliphatic carbocycles. The Kier molecular flexibility index (Phi) is 7.43. The van der Waals surface area contributed by atoms with Crippen LogP contribution >= 0.6 is 23.2 Å². The van der Waals surface area contributed by atoms with Crippen molar-refractivity contribution in [1.82, 2.24) is 4.90 Å². The van der Waals surface area contributed by atoms with Gasteiger partial charge in [-0.2, -0.15) is 0 Å². The van der Waals surface area contributed by atoms with Crippen molar-refractivity contribution in [2.45, 2.75) is 12.6 Å². The molecule has 0 spiro atoms. The first-order valence-electron chi connectivity index (χ1n) is 10.9. The number of hydrogen-bond acceptors (Lipinski definition) is 6. The van der Waals surface area contributed by atoms with Crippen LogP contribution in [0.4, 0.5) is 0 Å². The number of carbonyl (C=O) groups excluding carboxylic acids is 2. The molecule has 1 atom stereocenters. The van der Waals surface area contributed by atoms with Gasteiger partial charge in [-0.25, -0.2) is 0 Å². The molecule has 1 aliphatic heterocycles. The van der Waals surface area contributed by atoms with Gasteiger partial charge in [-0.1, -0.05) is 65.7 Å². The zero-order chi connectivity index (χ0) is 26.0. The summed E-state index contributed by atoms with van der Waals surface area (Å²) >= 11 is 12.7. The Morgan fingerprint density at radius 2 is 1.56 bits per heavy atom. The fraction of sp³-hybridized carbons (Fsp3) is 0.185. The fourth-order valence-corrected chi connectivity index (χ4v) is 4.93. The minimum Gasteiger partial charge on any atom is -0.507 e. The smallest absolute Gasteiger partial charge is 0.295 e. The monoisotopic (exact) mass is 527 g/mol. The lowest BCUT2D eigenvalue weighted by Crippen LogP contribution is -2.29. The summed E-state index contributed by atoms with van der Waals surface area (Å²) in [6.07, 6.45) is 0. The molecule has 4 rings (SSSR count). The third-order valence-electron chi connectivity index (χ3n) is 5.96. The standard InChI is InChI=1S/C27H23Cl2NO6/c1-34-17-11-9-15(10-12-17)14-30-22(16-7-5-4-6-8-16)20(24(32)27(30)33)23(31)18-13-19(28)26(36-3)21(29)25(18)35-2/h4-13,22,31H,14H2,1-3H3/b23-20+. The lowest BCUT2D eigenvalue weighted by atomic mass is 9.94. The molecule has 1 saturated heterocycles. The largest absolute Gasteiger partial charge is 0.507 e. The van der Waals surface area contributed by atoms with Gasteiger partial charge in [-0.15, -0.1) is 0 Å². The van der Waals surface area contributed by atoms with Crippen molar-refractivity contribution < 1.29 is 28.9 Å². The number of rotatable bonds is 7. The number of ether oxygens (including phenoxy) is 3. The van der Waals surface area contributed by atoms with Gasteiger partial charge in [0.25, 0.3) is 11.7 Å². The first-order chi connectivity index (χ1) is 17.3. The van der Waals surface area contributed by atoms with Gasteiger partial charge < -0.3 is 24.2 Å². The van der Waals surface area contributed by atoms with Crippen molar-refractivity contribution >= 4 is 40.7 Å². The van der Waals surface area contributed by atoms with Crippen molar-refractivity contribution in [3.05, 3.63) is 93.0 Å². The Labute approximate surface area is 218 Å². The van der Waals surface area contributed by atoms with Gasteiger partial charge in [0.1, 0.15) is 16.5 Å². The third-order valence-corrected chi connectivity index (χ3v) is 6.59. The Morgan fingerprint density at radius 1 is 0.917 bits per heavy atom. The summed E-state index contributed by atoms with van der Waals surface area (Å²) in [5, 5.41) is 11.6.